The van der Waals surface area contributed by atoms with E-state index in [4.69, 9.17) is 26.1 Å². The van der Waals surface area contributed by atoms with Crippen molar-refractivity contribution in [2.45, 2.75) is 6.42 Å². The van der Waals surface area contributed by atoms with E-state index in [1.54, 1.807) is 32.4 Å². The smallest absolute Gasteiger partial charge is 0.262 e. The standard InChI is InChI=1S/C18H21N3O4S/c1-23-15-7-5-13(12-16(15)24-2)9-10-19-18(26)21-20-17(22)8-6-14-4-3-11-25-14/h3-8,11-12H,9-10H2,1-2H3,(H,20,22)(H2,19,21,26)/b8-6+. The van der Waals surface area contributed by atoms with Gasteiger partial charge in [0, 0.05) is 12.6 Å². The lowest BCUT2D eigenvalue weighted by Gasteiger charge is -2.12. The molecule has 0 radical (unpaired) electrons. The molecule has 1 aromatic heterocycles. The number of benzene rings is 1. The third kappa shape index (κ3) is 6.14. The average molecular weight is 375 g/mol. The van der Waals surface area contributed by atoms with Gasteiger partial charge in [0.25, 0.3) is 5.91 Å². The maximum absolute atomic E-state index is 11.7. The van der Waals surface area contributed by atoms with Gasteiger partial charge in [-0.1, -0.05) is 6.07 Å². The lowest BCUT2D eigenvalue weighted by Crippen LogP contribution is -2.46. The van der Waals surface area contributed by atoms with Crippen LogP contribution in [0.5, 0.6) is 11.5 Å². The molecular weight excluding hydrogens is 354 g/mol. The summed E-state index contributed by atoms with van der Waals surface area (Å²) >= 11 is 5.12. The second-order valence-corrected chi connectivity index (χ2v) is 5.57. The summed E-state index contributed by atoms with van der Waals surface area (Å²) < 4.78 is 15.6. The molecule has 8 heteroatoms. The van der Waals surface area contributed by atoms with Crippen LogP contribution in [0.4, 0.5) is 0 Å². The number of hydrogen-bond donors (Lipinski definition) is 3. The Labute approximate surface area is 157 Å². The molecule has 0 aliphatic rings. The Kier molecular flexibility index (Phi) is 7.50. The van der Waals surface area contributed by atoms with E-state index in [0.717, 1.165) is 12.0 Å². The van der Waals surface area contributed by atoms with Crippen LogP contribution in [-0.4, -0.2) is 31.8 Å². The summed E-state index contributed by atoms with van der Waals surface area (Å²) in [5.41, 5.74) is 6.18. The molecule has 2 aromatic rings. The number of ether oxygens (including phenoxy) is 2. The number of rotatable bonds is 7. The first-order valence-corrected chi connectivity index (χ1v) is 8.29. The molecule has 0 fully saturated rings. The molecule has 3 N–H and O–H groups in total. The number of amides is 1. The van der Waals surface area contributed by atoms with Gasteiger partial charge in [0.05, 0.1) is 20.5 Å². The first kappa shape index (κ1) is 19.3. The Bertz CT molecular complexity index is 760. The quantitative estimate of drug-likeness (QED) is 0.388. The van der Waals surface area contributed by atoms with Gasteiger partial charge < -0.3 is 19.2 Å². The van der Waals surface area contributed by atoms with Gasteiger partial charge in [-0.25, -0.2) is 0 Å². The minimum atomic E-state index is -0.342. The molecule has 0 aliphatic carbocycles. The Morgan fingerprint density at radius 2 is 2.00 bits per heavy atom. The molecule has 0 bridgehead atoms. The minimum absolute atomic E-state index is 0.324. The van der Waals surface area contributed by atoms with Gasteiger partial charge >= 0.3 is 0 Å². The van der Waals surface area contributed by atoms with Gasteiger partial charge in [-0.2, -0.15) is 0 Å². The maximum atomic E-state index is 11.7. The van der Waals surface area contributed by atoms with Crippen molar-refractivity contribution in [3.63, 3.8) is 0 Å². The second-order valence-electron chi connectivity index (χ2n) is 5.16. The van der Waals surface area contributed by atoms with Gasteiger partial charge in [-0.05, 0) is 54.5 Å². The predicted molar refractivity (Wildman–Crippen MR) is 103 cm³/mol. The molecule has 0 unspecified atom stereocenters. The summed E-state index contributed by atoms with van der Waals surface area (Å²) in [6.45, 7) is 0.597. The normalized spacial score (nSPS) is 10.4. The van der Waals surface area contributed by atoms with Crippen molar-refractivity contribution < 1.29 is 18.7 Å². The summed E-state index contributed by atoms with van der Waals surface area (Å²) in [5, 5.41) is 3.34. The van der Waals surface area contributed by atoms with E-state index in [1.807, 2.05) is 18.2 Å². The minimum Gasteiger partial charge on any atom is -0.493 e. The van der Waals surface area contributed by atoms with Crippen LogP contribution in [0.25, 0.3) is 6.08 Å². The Morgan fingerprint density at radius 3 is 2.69 bits per heavy atom. The van der Waals surface area contributed by atoms with Crippen LogP contribution in [-0.2, 0) is 11.2 Å². The van der Waals surface area contributed by atoms with Crippen LogP contribution in [0.15, 0.2) is 47.1 Å². The summed E-state index contributed by atoms with van der Waals surface area (Å²) in [5.74, 6) is 1.62. The monoisotopic (exact) mass is 375 g/mol. The third-order valence-corrected chi connectivity index (χ3v) is 3.63. The van der Waals surface area contributed by atoms with E-state index in [9.17, 15) is 4.79 Å². The second kappa shape index (κ2) is 10.1. The highest BCUT2D eigenvalue weighted by Crippen LogP contribution is 2.27. The van der Waals surface area contributed by atoms with E-state index in [1.165, 1.54) is 12.3 Å². The van der Waals surface area contributed by atoms with Crippen molar-refractivity contribution in [3.05, 3.63) is 54.0 Å². The van der Waals surface area contributed by atoms with Gasteiger partial charge in [-0.3, -0.25) is 15.6 Å². The Balaban J connectivity index is 1.69. The van der Waals surface area contributed by atoms with E-state index in [-0.39, 0.29) is 5.91 Å². The molecule has 0 atom stereocenters. The predicted octanol–water partition coefficient (Wildman–Crippen LogP) is 2.05. The summed E-state index contributed by atoms with van der Waals surface area (Å²) in [6, 6.07) is 9.22. The first-order valence-electron chi connectivity index (χ1n) is 7.88. The summed E-state index contributed by atoms with van der Waals surface area (Å²) in [6.07, 6.45) is 5.17. The highest BCUT2D eigenvalue weighted by atomic mass is 32.1. The SMILES string of the molecule is COc1ccc(CCNC(=S)NNC(=O)/C=C/c2ccco2)cc1OC. The fourth-order valence-electron chi connectivity index (χ4n) is 2.10. The summed E-state index contributed by atoms with van der Waals surface area (Å²) in [7, 11) is 3.20. The number of methoxy groups -OCH3 is 2. The van der Waals surface area contributed by atoms with Crippen molar-refractivity contribution >= 4 is 29.3 Å². The van der Waals surface area contributed by atoms with Gasteiger partial charge in [-0.15, -0.1) is 0 Å². The van der Waals surface area contributed by atoms with Crippen molar-refractivity contribution in [2.75, 3.05) is 20.8 Å². The molecule has 7 nitrogen and oxygen atoms in total. The van der Waals surface area contributed by atoms with Crippen molar-refractivity contribution in [1.82, 2.24) is 16.2 Å². The number of carbonyl (C=O) groups is 1. The van der Waals surface area contributed by atoms with E-state index < -0.39 is 0 Å². The van der Waals surface area contributed by atoms with Crippen LogP contribution < -0.4 is 25.6 Å². The Hall–Kier alpha value is -3.00. The number of thiocarbonyl (C=S) groups is 1. The molecule has 0 aliphatic heterocycles. The summed E-state index contributed by atoms with van der Waals surface area (Å²) in [4.78, 5) is 11.7. The highest BCUT2D eigenvalue weighted by Gasteiger charge is 2.05. The molecule has 1 heterocycles. The molecular formula is C18H21N3O4S. The fraction of sp³-hybridized carbons (Fsp3) is 0.222. The zero-order valence-electron chi connectivity index (χ0n) is 14.6. The maximum Gasteiger partial charge on any atom is 0.262 e. The van der Waals surface area contributed by atoms with Crippen molar-refractivity contribution in [3.8, 4) is 11.5 Å². The van der Waals surface area contributed by atoms with Crippen LogP contribution in [0, 0.1) is 0 Å². The Morgan fingerprint density at radius 1 is 1.19 bits per heavy atom. The van der Waals surface area contributed by atoms with Crippen molar-refractivity contribution in [1.29, 1.82) is 0 Å². The molecule has 0 spiro atoms. The highest BCUT2D eigenvalue weighted by molar-refractivity contribution is 7.80. The molecule has 138 valence electrons. The number of furan rings is 1. The number of hydrazine groups is 1. The van der Waals surface area contributed by atoms with Gasteiger partial charge in [0.1, 0.15) is 5.76 Å². The van der Waals surface area contributed by atoms with Gasteiger partial charge in [0.15, 0.2) is 16.6 Å². The lowest BCUT2D eigenvalue weighted by molar-refractivity contribution is -0.116. The number of hydrogen-bond acceptors (Lipinski definition) is 5. The topological polar surface area (TPSA) is 84.8 Å². The largest absolute Gasteiger partial charge is 0.493 e. The average Bonchev–Trinajstić information content (AvgIpc) is 3.18. The fourth-order valence-corrected chi connectivity index (χ4v) is 2.26. The zero-order valence-corrected chi connectivity index (χ0v) is 15.4. The van der Waals surface area contributed by atoms with Crippen LogP contribution in [0.3, 0.4) is 0 Å². The molecule has 1 amide bonds. The first-order chi connectivity index (χ1) is 12.6. The van der Waals surface area contributed by atoms with Gasteiger partial charge in [0.2, 0.25) is 0 Å². The molecule has 2 rings (SSSR count). The van der Waals surface area contributed by atoms with Crippen molar-refractivity contribution in [2.24, 2.45) is 0 Å². The van der Waals surface area contributed by atoms with Crippen LogP contribution in [0.2, 0.25) is 0 Å². The van der Waals surface area contributed by atoms with Crippen LogP contribution in [0.1, 0.15) is 11.3 Å². The molecule has 0 saturated heterocycles. The molecule has 26 heavy (non-hydrogen) atoms. The van der Waals surface area contributed by atoms with E-state index in [2.05, 4.69) is 16.2 Å². The van der Waals surface area contributed by atoms with E-state index >= 15 is 0 Å². The van der Waals surface area contributed by atoms with Crippen LogP contribution >= 0.6 is 12.2 Å². The zero-order chi connectivity index (χ0) is 18.8. The molecule has 1 aromatic carbocycles. The number of carbonyl (C=O) groups excluding carboxylic acids is 1. The lowest BCUT2D eigenvalue weighted by atomic mass is 10.1. The molecule has 0 saturated carbocycles. The van der Waals surface area contributed by atoms with E-state index in [0.29, 0.717) is 28.9 Å². The third-order valence-electron chi connectivity index (χ3n) is 3.39. The number of nitrogens with one attached hydrogen (secondary N) is 3.